The summed E-state index contributed by atoms with van der Waals surface area (Å²) in [5, 5.41) is 0. The van der Waals surface area contributed by atoms with Gasteiger partial charge in [0.2, 0.25) is 0 Å². The Morgan fingerprint density at radius 2 is 1.95 bits per heavy atom. The van der Waals surface area contributed by atoms with Gasteiger partial charge in [0.25, 0.3) is 0 Å². The highest BCUT2D eigenvalue weighted by Crippen LogP contribution is 2.33. The van der Waals surface area contributed by atoms with E-state index in [4.69, 9.17) is 0 Å². The highest BCUT2D eigenvalue weighted by molar-refractivity contribution is 5.65. The Balaban J connectivity index is 0.000000382. The van der Waals surface area contributed by atoms with Gasteiger partial charge in [-0.3, -0.25) is 4.79 Å². The van der Waals surface area contributed by atoms with Gasteiger partial charge in [-0.15, -0.1) is 0 Å². The van der Waals surface area contributed by atoms with Gasteiger partial charge in [0, 0.05) is 5.41 Å². The van der Waals surface area contributed by atoms with Crippen molar-refractivity contribution in [1.82, 2.24) is 0 Å². The maximum atomic E-state index is 10.6. The van der Waals surface area contributed by atoms with Crippen LogP contribution >= 0.6 is 0 Å². The van der Waals surface area contributed by atoms with E-state index in [1.54, 1.807) is 6.08 Å². The van der Waals surface area contributed by atoms with Crippen molar-refractivity contribution in [2.45, 2.75) is 60.3 Å². The Kier molecular flexibility index (Phi) is 9.60. The van der Waals surface area contributed by atoms with Crippen molar-refractivity contribution < 1.29 is 9.59 Å². The molecule has 0 aromatic heterocycles. The Morgan fingerprint density at radius 1 is 1.29 bits per heavy atom. The van der Waals surface area contributed by atoms with E-state index in [1.165, 1.54) is 5.57 Å². The first-order valence-electron chi connectivity index (χ1n) is 7.74. The second-order valence-corrected chi connectivity index (χ2v) is 6.33. The second-order valence-electron chi connectivity index (χ2n) is 6.33. The zero-order valence-electron chi connectivity index (χ0n) is 14.2. The van der Waals surface area contributed by atoms with E-state index < -0.39 is 0 Å². The zero-order chi connectivity index (χ0) is 16.3. The summed E-state index contributed by atoms with van der Waals surface area (Å²) in [6, 6.07) is 0. The first-order chi connectivity index (χ1) is 9.85. The molecule has 0 spiro atoms. The van der Waals surface area contributed by atoms with E-state index in [1.807, 2.05) is 19.9 Å². The summed E-state index contributed by atoms with van der Waals surface area (Å²) < 4.78 is 0. The molecule has 0 saturated carbocycles. The van der Waals surface area contributed by atoms with Crippen molar-refractivity contribution in [1.29, 1.82) is 0 Å². The summed E-state index contributed by atoms with van der Waals surface area (Å²) in [6.07, 6.45) is 14.2. The number of hydrogen-bond acceptors (Lipinski definition) is 2. The van der Waals surface area contributed by atoms with E-state index in [0.717, 1.165) is 43.8 Å². The van der Waals surface area contributed by atoms with Crippen LogP contribution in [0.3, 0.4) is 0 Å². The Bertz CT molecular complexity index is 411. The van der Waals surface area contributed by atoms with Crippen molar-refractivity contribution in [3.8, 4) is 0 Å². The first-order valence-corrected chi connectivity index (χ1v) is 7.74. The minimum absolute atomic E-state index is 0.182. The van der Waals surface area contributed by atoms with Crippen LogP contribution < -0.4 is 0 Å². The van der Waals surface area contributed by atoms with Gasteiger partial charge in [-0.2, -0.15) is 0 Å². The molecule has 0 saturated heterocycles. The van der Waals surface area contributed by atoms with Gasteiger partial charge in [-0.05, 0) is 65.4 Å². The van der Waals surface area contributed by atoms with Gasteiger partial charge >= 0.3 is 0 Å². The molecule has 1 aliphatic rings. The predicted molar refractivity (Wildman–Crippen MR) is 90.2 cm³/mol. The topological polar surface area (TPSA) is 34.1 Å². The Labute approximate surface area is 130 Å². The predicted octanol–water partition coefficient (Wildman–Crippen LogP) is 5.06. The third kappa shape index (κ3) is 8.44. The minimum atomic E-state index is -0.182. The SMILES string of the molecule is CC(C)=CCCC(C)=CC=O.CC1CCC=CC1(C)C=O. The molecule has 0 fully saturated rings. The molecule has 2 unspecified atom stereocenters. The molecular weight excluding hydrogens is 260 g/mol. The Hall–Kier alpha value is -1.44. The van der Waals surface area contributed by atoms with Gasteiger partial charge in [-0.25, -0.2) is 0 Å². The van der Waals surface area contributed by atoms with Crippen LogP contribution in [0, 0.1) is 11.3 Å². The lowest BCUT2D eigenvalue weighted by atomic mass is 9.74. The van der Waals surface area contributed by atoms with Crippen molar-refractivity contribution in [3.63, 3.8) is 0 Å². The number of aldehydes is 2. The summed E-state index contributed by atoms with van der Waals surface area (Å²) in [4.78, 5) is 20.7. The molecule has 2 heteroatoms. The van der Waals surface area contributed by atoms with Crippen LogP contribution in [0.25, 0.3) is 0 Å². The lowest BCUT2D eigenvalue weighted by Gasteiger charge is -2.29. The molecule has 0 aliphatic heterocycles. The number of carbonyl (C=O) groups is 2. The minimum Gasteiger partial charge on any atom is -0.302 e. The zero-order valence-corrected chi connectivity index (χ0v) is 14.2. The average Bonchev–Trinajstić information content (AvgIpc) is 2.43. The smallest absolute Gasteiger partial charge is 0.142 e. The average molecular weight is 290 g/mol. The highest BCUT2D eigenvalue weighted by atomic mass is 16.1. The van der Waals surface area contributed by atoms with E-state index >= 15 is 0 Å². The van der Waals surface area contributed by atoms with Crippen molar-refractivity contribution in [2.75, 3.05) is 0 Å². The van der Waals surface area contributed by atoms with Gasteiger partial charge in [0.05, 0.1) is 0 Å². The molecular formula is C19H30O2. The van der Waals surface area contributed by atoms with Crippen LogP contribution in [0.1, 0.15) is 60.3 Å². The molecule has 0 aromatic carbocycles. The van der Waals surface area contributed by atoms with Crippen LogP contribution in [-0.2, 0) is 9.59 Å². The monoisotopic (exact) mass is 290 g/mol. The summed E-state index contributed by atoms with van der Waals surface area (Å²) in [5.41, 5.74) is 2.31. The largest absolute Gasteiger partial charge is 0.302 e. The van der Waals surface area contributed by atoms with Crippen LogP contribution in [-0.4, -0.2) is 12.6 Å². The Morgan fingerprint density at radius 3 is 2.38 bits per heavy atom. The van der Waals surface area contributed by atoms with E-state index in [-0.39, 0.29) is 5.41 Å². The fraction of sp³-hybridized carbons (Fsp3) is 0.579. The molecule has 0 aromatic rings. The summed E-state index contributed by atoms with van der Waals surface area (Å²) in [5.74, 6) is 0.509. The van der Waals surface area contributed by atoms with E-state index in [0.29, 0.717) is 5.92 Å². The third-order valence-corrected chi connectivity index (χ3v) is 4.00. The molecule has 0 heterocycles. The molecule has 1 rings (SSSR count). The molecule has 1 aliphatic carbocycles. The summed E-state index contributed by atoms with van der Waals surface area (Å²) >= 11 is 0. The molecule has 0 amide bonds. The maximum Gasteiger partial charge on any atom is 0.142 e. The quantitative estimate of drug-likeness (QED) is 0.403. The van der Waals surface area contributed by atoms with Gasteiger partial charge in [-0.1, -0.05) is 36.3 Å². The van der Waals surface area contributed by atoms with Crippen molar-refractivity contribution in [2.24, 2.45) is 11.3 Å². The standard InChI is InChI=1S/C10H16O.C9H14O/c1-9(2)5-4-6-10(3)7-8-11;1-8-5-3-4-6-9(8,2)7-10/h5,7-8H,4,6H2,1-3H3;4,6-8H,3,5H2,1-2H3. The number of carbonyl (C=O) groups excluding carboxylic acids is 2. The van der Waals surface area contributed by atoms with Crippen LogP contribution in [0.4, 0.5) is 0 Å². The van der Waals surface area contributed by atoms with Crippen molar-refractivity contribution in [3.05, 3.63) is 35.5 Å². The van der Waals surface area contributed by atoms with Crippen LogP contribution in [0.5, 0.6) is 0 Å². The second kappa shape index (κ2) is 10.3. The summed E-state index contributed by atoms with van der Waals surface area (Å²) in [6.45, 7) is 10.3. The molecule has 0 radical (unpaired) electrons. The molecule has 2 nitrogen and oxygen atoms in total. The number of rotatable bonds is 5. The van der Waals surface area contributed by atoms with Crippen LogP contribution in [0.2, 0.25) is 0 Å². The molecule has 0 N–H and O–H groups in total. The normalized spacial score (nSPS) is 24.6. The molecule has 118 valence electrons. The first kappa shape index (κ1) is 19.6. The fourth-order valence-corrected chi connectivity index (χ4v) is 2.10. The van der Waals surface area contributed by atoms with Gasteiger partial charge in [0.1, 0.15) is 12.6 Å². The lowest BCUT2D eigenvalue weighted by molar-refractivity contribution is -0.115. The van der Waals surface area contributed by atoms with Gasteiger partial charge < -0.3 is 4.79 Å². The number of hydrogen-bond donors (Lipinski definition) is 0. The molecule has 21 heavy (non-hydrogen) atoms. The van der Waals surface area contributed by atoms with E-state index in [2.05, 4.69) is 32.9 Å². The number of allylic oxidation sites excluding steroid dienone is 6. The fourth-order valence-electron chi connectivity index (χ4n) is 2.10. The van der Waals surface area contributed by atoms with Crippen LogP contribution in [0.15, 0.2) is 35.5 Å². The lowest BCUT2D eigenvalue weighted by Crippen LogP contribution is -2.26. The third-order valence-electron chi connectivity index (χ3n) is 4.00. The molecule has 2 atom stereocenters. The van der Waals surface area contributed by atoms with Crippen molar-refractivity contribution >= 4 is 12.6 Å². The van der Waals surface area contributed by atoms with Gasteiger partial charge in [0.15, 0.2) is 0 Å². The summed E-state index contributed by atoms with van der Waals surface area (Å²) in [7, 11) is 0. The molecule has 0 bridgehead atoms. The van der Waals surface area contributed by atoms with E-state index in [9.17, 15) is 9.59 Å². The maximum absolute atomic E-state index is 10.6. The highest BCUT2D eigenvalue weighted by Gasteiger charge is 2.29.